The van der Waals surface area contributed by atoms with Crippen molar-refractivity contribution in [3.63, 3.8) is 0 Å². The number of amides is 1. The van der Waals surface area contributed by atoms with Crippen molar-refractivity contribution in [2.45, 2.75) is 6.18 Å². The first kappa shape index (κ1) is 13.5. The van der Waals surface area contributed by atoms with Gasteiger partial charge in [0.15, 0.2) is 0 Å². The maximum Gasteiger partial charge on any atom is 0.406 e. The van der Waals surface area contributed by atoms with Gasteiger partial charge in [-0.25, -0.2) is 0 Å². The predicted molar refractivity (Wildman–Crippen MR) is 53.9 cm³/mol. The highest BCUT2D eigenvalue weighted by molar-refractivity contribution is 7.12. The van der Waals surface area contributed by atoms with Crippen LogP contribution in [0, 0.1) is 0 Å². The first-order valence-electron chi connectivity index (χ1n) is 4.41. The number of nitrogens with zero attached hydrogens (tertiary/aromatic N) is 1. The molecule has 0 aromatic carbocycles. The van der Waals surface area contributed by atoms with E-state index < -0.39 is 31.1 Å². The Balaban J connectivity index is 2.83. The van der Waals surface area contributed by atoms with Crippen LogP contribution in [-0.2, 0) is 4.79 Å². The number of hydrogen-bond donors (Lipinski definition) is 1. The highest BCUT2D eigenvalue weighted by Crippen LogP contribution is 2.19. The number of thiophene rings is 1. The van der Waals surface area contributed by atoms with Crippen LogP contribution in [0.4, 0.5) is 13.2 Å². The van der Waals surface area contributed by atoms with Crippen LogP contribution in [0.3, 0.4) is 0 Å². The van der Waals surface area contributed by atoms with Gasteiger partial charge < -0.3 is 10.0 Å². The molecule has 0 aliphatic heterocycles. The molecule has 1 aromatic heterocycles. The molecule has 0 bridgehead atoms. The molecule has 8 heteroatoms. The summed E-state index contributed by atoms with van der Waals surface area (Å²) in [6.07, 6.45) is -4.62. The van der Waals surface area contributed by atoms with Crippen LogP contribution in [0.2, 0.25) is 0 Å². The molecular weight excluding hydrogens is 259 g/mol. The molecule has 0 spiro atoms. The van der Waals surface area contributed by atoms with Crippen molar-refractivity contribution in [1.82, 2.24) is 4.90 Å². The first-order valence-corrected chi connectivity index (χ1v) is 5.29. The highest BCUT2D eigenvalue weighted by atomic mass is 32.1. The molecule has 4 nitrogen and oxygen atoms in total. The Labute approximate surface area is 98.3 Å². The fraction of sp³-hybridized carbons (Fsp3) is 0.333. The molecule has 0 fully saturated rings. The van der Waals surface area contributed by atoms with Gasteiger partial charge in [0.2, 0.25) is 0 Å². The van der Waals surface area contributed by atoms with Crippen molar-refractivity contribution >= 4 is 23.2 Å². The second-order valence-corrected chi connectivity index (χ2v) is 4.10. The summed E-state index contributed by atoms with van der Waals surface area (Å²) in [5.74, 6) is -2.42. The lowest BCUT2D eigenvalue weighted by Gasteiger charge is -2.21. The van der Waals surface area contributed by atoms with E-state index in [9.17, 15) is 22.8 Å². The molecule has 0 aliphatic rings. The quantitative estimate of drug-likeness (QED) is 0.905. The Morgan fingerprint density at radius 2 is 2.06 bits per heavy atom. The van der Waals surface area contributed by atoms with E-state index in [2.05, 4.69) is 0 Å². The minimum atomic E-state index is -4.62. The van der Waals surface area contributed by atoms with Crippen LogP contribution in [0.15, 0.2) is 17.5 Å². The zero-order valence-corrected chi connectivity index (χ0v) is 9.22. The van der Waals surface area contributed by atoms with Gasteiger partial charge in [0.25, 0.3) is 5.91 Å². The summed E-state index contributed by atoms with van der Waals surface area (Å²) in [4.78, 5) is 22.3. The topological polar surface area (TPSA) is 57.6 Å². The third-order valence-electron chi connectivity index (χ3n) is 1.72. The smallest absolute Gasteiger partial charge is 0.406 e. The van der Waals surface area contributed by atoms with E-state index in [1.54, 1.807) is 0 Å². The molecule has 1 rings (SSSR count). The molecule has 94 valence electrons. The summed E-state index contributed by atoms with van der Waals surface area (Å²) in [6, 6.07) is 2.85. The molecule has 1 N–H and O–H groups in total. The number of hydrogen-bond acceptors (Lipinski definition) is 3. The number of aliphatic carboxylic acids is 1. The summed E-state index contributed by atoms with van der Waals surface area (Å²) in [5.41, 5.74) is 0. The molecule has 0 saturated carbocycles. The number of carboxylic acids is 1. The standard InChI is InChI=1S/C9H8F3NO3S/c10-9(11,12)5-13(4-7(14)15)8(16)6-2-1-3-17-6/h1-3H,4-5H2,(H,14,15). The van der Waals surface area contributed by atoms with Crippen LogP contribution in [0.1, 0.15) is 9.67 Å². The molecule has 0 unspecified atom stereocenters. The van der Waals surface area contributed by atoms with Gasteiger partial charge in [0.05, 0.1) is 4.88 Å². The van der Waals surface area contributed by atoms with E-state index in [4.69, 9.17) is 5.11 Å². The normalized spacial score (nSPS) is 11.2. The monoisotopic (exact) mass is 267 g/mol. The SMILES string of the molecule is O=C(O)CN(CC(F)(F)F)C(=O)c1cccs1. The average Bonchev–Trinajstić information content (AvgIpc) is 2.65. The lowest BCUT2D eigenvalue weighted by atomic mass is 10.3. The maximum absolute atomic E-state index is 12.2. The summed E-state index contributed by atoms with van der Waals surface area (Å²) >= 11 is 0.961. The van der Waals surface area contributed by atoms with E-state index in [0.29, 0.717) is 0 Å². The maximum atomic E-state index is 12.2. The van der Waals surface area contributed by atoms with Crippen LogP contribution < -0.4 is 0 Å². The van der Waals surface area contributed by atoms with Crippen molar-refractivity contribution in [1.29, 1.82) is 0 Å². The number of rotatable bonds is 4. The van der Waals surface area contributed by atoms with Gasteiger partial charge in [0, 0.05) is 0 Å². The Bertz CT molecular complexity index is 402. The number of alkyl halides is 3. The summed E-state index contributed by atoms with van der Waals surface area (Å²) in [5, 5.41) is 10.00. The molecule has 0 atom stereocenters. The number of carbonyl (C=O) groups is 2. The second kappa shape index (κ2) is 5.17. The summed E-state index contributed by atoms with van der Waals surface area (Å²) in [6.45, 7) is -2.55. The third kappa shape index (κ3) is 4.43. The zero-order valence-electron chi connectivity index (χ0n) is 8.40. The summed E-state index contributed by atoms with van der Waals surface area (Å²) < 4.78 is 36.5. The van der Waals surface area contributed by atoms with Crippen LogP contribution in [0.5, 0.6) is 0 Å². The highest BCUT2D eigenvalue weighted by Gasteiger charge is 2.34. The van der Waals surface area contributed by atoms with Gasteiger partial charge in [-0.05, 0) is 11.4 Å². The van der Waals surface area contributed by atoms with Crippen molar-refractivity contribution in [2.75, 3.05) is 13.1 Å². The number of carbonyl (C=O) groups excluding carboxylic acids is 1. The Morgan fingerprint density at radius 3 is 2.47 bits per heavy atom. The molecule has 0 aliphatic carbocycles. The Morgan fingerprint density at radius 1 is 1.41 bits per heavy atom. The van der Waals surface area contributed by atoms with Crippen LogP contribution in [-0.4, -0.2) is 41.1 Å². The minimum Gasteiger partial charge on any atom is -0.480 e. The van der Waals surface area contributed by atoms with Gasteiger partial charge in [0.1, 0.15) is 13.1 Å². The van der Waals surface area contributed by atoms with Crippen molar-refractivity contribution in [2.24, 2.45) is 0 Å². The van der Waals surface area contributed by atoms with Crippen molar-refractivity contribution < 1.29 is 27.9 Å². The molecule has 0 saturated heterocycles. The molecule has 1 amide bonds. The third-order valence-corrected chi connectivity index (χ3v) is 2.57. The van der Waals surface area contributed by atoms with E-state index in [1.807, 2.05) is 0 Å². The lowest BCUT2D eigenvalue weighted by Crippen LogP contribution is -2.41. The molecule has 1 heterocycles. The fourth-order valence-electron chi connectivity index (χ4n) is 1.14. The van der Waals surface area contributed by atoms with Gasteiger partial charge in [-0.3, -0.25) is 9.59 Å². The molecule has 17 heavy (non-hydrogen) atoms. The van der Waals surface area contributed by atoms with Gasteiger partial charge >= 0.3 is 12.1 Å². The molecular formula is C9H8F3NO3S. The Kier molecular flexibility index (Phi) is 4.11. The lowest BCUT2D eigenvalue weighted by molar-refractivity contribution is -0.149. The zero-order chi connectivity index (χ0) is 13.1. The van der Waals surface area contributed by atoms with E-state index in [1.165, 1.54) is 17.5 Å². The molecule has 1 aromatic rings. The summed E-state index contributed by atoms with van der Waals surface area (Å²) in [7, 11) is 0. The van der Waals surface area contributed by atoms with E-state index >= 15 is 0 Å². The van der Waals surface area contributed by atoms with E-state index in [-0.39, 0.29) is 9.78 Å². The minimum absolute atomic E-state index is 0.0792. The molecule has 0 radical (unpaired) electrons. The second-order valence-electron chi connectivity index (χ2n) is 3.15. The fourth-order valence-corrected chi connectivity index (χ4v) is 1.83. The average molecular weight is 267 g/mol. The number of carboxylic acid groups (broad SMARTS) is 1. The van der Waals surface area contributed by atoms with E-state index in [0.717, 1.165) is 11.3 Å². The van der Waals surface area contributed by atoms with Crippen molar-refractivity contribution in [3.05, 3.63) is 22.4 Å². The number of halogens is 3. The van der Waals surface area contributed by atoms with Gasteiger partial charge in [-0.15, -0.1) is 11.3 Å². The Hall–Kier alpha value is -1.57. The predicted octanol–water partition coefficient (Wildman–Crippen LogP) is 1.84. The first-order chi connectivity index (χ1) is 7.79. The van der Waals surface area contributed by atoms with Crippen LogP contribution >= 0.6 is 11.3 Å². The largest absolute Gasteiger partial charge is 0.480 e. The van der Waals surface area contributed by atoms with Crippen LogP contribution in [0.25, 0.3) is 0 Å². The van der Waals surface area contributed by atoms with Gasteiger partial charge in [-0.2, -0.15) is 13.2 Å². The van der Waals surface area contributed by atoms with Gasteiger partial charge in [-0.1, -0.05) is 6.07 Å². The van der Waals surface area contributed by atoms with Crippen molar-refractivity contribution in [3.8, 4) is 0 Å².